The van der Waals surface area contributed by atoms with Gasteiger partial charge < -0.3 is 9.84 Å². The van der Waals surface area contributed by atoms with E-state index in [1.165, 1.54) is 0 Å². The van der Waals surface area contributed by atoms with Crippen molar-refractivity contribution < 1.29 is 9.84 Å². The lowest BCUT2D eigenvalue weighted by molar-refractivity contribution is 0.175. The average Bonchev–Trinajstić information content (AvgIpc) is 2.49. The molecule has 20 heavy (non-hydrogen) atoms. The lowest BCUT2D eigenvalue weighted by Crippen LogP contribution is -2.04. The lowest BCUT2D eigenvalue weighted by atomic mass is 10.0. The number of hydrogen-bond acceptors (Lipinski definition) is 3. The molecule has 0 radical (unpaired) electrons. The molecule has 0 aliphatic heterocycles. The second kappa shape index (κ2) is 7.16. The monoisotopic (exact) mass is 352 g/mol. The molecule has 0 fully saturated rings. The number of halogens is 1. The van der Waals surface area contributed by atoms with Gasteiger partial charge in [-0.1, -0.05) is 34.1 Å². The molecule has 1 unspecified atom stereocenters. The second-order valence-corrected chi connectivity index (χ2v) is 6.12. The first kappa shape index (κ1) is 15.4. The van der Waals surface area contributed by atoms with E-state index < -0.39 is 6.10 Å². The van der Waals surface area contributed by atoms with Crippen LogP contribution in [0.15, 0.2) is 51.8 Å². The normalized spacial score (nSPS) is 12.2. The molecule has 2 nitrogen and oxygen atoms in total. The Morgan fingerprint density at radius 3 is 2.70 bits per heavy atom. The minimum Gasteiger partial charge on any atom is -0.497 e. The molecule has 4 heteroatoms. The van der Waals surface area contributed by atoms with Crippen molar-refractivity contribution in [2.45, 2.75) is 17.4 Å². The molecule has 0 aromatic heterocycles. The largest absolute Gasteiger partial charge is 0.497 e. The van der Waals surface area contributed by atoms with Crippen LogP contribution in [0.2, 0.25) is 0 Å². The second-order valence-electron chi connectivity index (χ2n) is 4.42. The summed E-state index contributed by atoms with van der Waals surface area (Å²) in [6, 6.07) is 13.8. The van der Waals surface area contributed by atoms with Gasteiger partial charge in [-0.25, -0.2) is 0 Å². The molecule has 0 heterocycles. The molecular formula is C16H17BrO2S. The third-order valence-corrected chi connectivity index (χ3v) is 4.75. The molecule has 106 valence electrons. The fraction of sp³-hybridized carbons (Fsp3) is 0.250. The van der Waals surface area contributed by atoms with Crippen molar-refractivity contribution in [2.75, 3.05) is 13.4 Å². The summed E-state index contributed by atoms with van der Waals surface area (Å²) in [6.07, 6.45) is 2.05. The fourth-order valence-corrected chi connectivity index (χ4v) is 3.16. The van der Waals surface area contributed by atoms with Crippen LogP contribution in [0.5, 0.6) is 5.75 Å². The standard InChI is InChI=1S/C16H17BrO2S/c1-19-12-7-8-14(17)11(9-12)10-15(18)13-5-3-4-6-16(13)20-2/h3-9,15,18H,10H2,1-2H3. The van der Waals surface area contributed by atoms with Crippen molar-refractivity contribution in [3.63, 3.8) is 0 Å². The van der Waals surface area contributed by atoms with E-state index in [9.17, 15) is 5.11 Å². The molecule has 1 atom stereocenters. The van der Waals surface area contributed by atoms with Crippen molar-refractivity contribution >= 4 is 27.7 Å². The highest BCUT2D eigenvalue weighted by Crippen LogP contribution is 2.31. The molecule has 0 spiro atoms. The van der Waals surface area contributed by atoms with Gasteiger partial charge in [0, 0.05) is 15.8 Å². The van der Waals surface area contributed by atoms with E-state index in [2.05, 4.69) is 15.9 Å². The maximum Gasteiger partial charge on any atom is 0.119 e. The van der Waals surface area contributed by atoms with Crippen LogP contribution in [-0.2, 0) is 6.42 Å². The Kier molecular flexibility index (Phi) is 5.52. The smallest absolute Gasteiger partial charge is 0.119 e. The van der Waals surface area contributed by atoms with Gasteiger partial charge in [0.05, 0.1) is 13.2 Å². The summed E-state index contributed by atoms with van der Waals surface area (Å²) < 4.78 is 6.22. The van der Waals surface area contributed by atoms with Gasteiger partial charge in [0.1, 0.15) is 5.75 Å². The Labute approximate surface area is 132 Å². The van der Waals surface area contributed by atoms with Crippen molar-refractivity contribution in [1.29, 1.82) is 0 Å². The van der Waals surface area contributed by atoms with Crippen LogP contribution in [0.1, 0.15) is 17.2 Å². The molecule has 0 aliphatic rings. The van der Waals surface area contributed by atoms with Crippen LogP contribution in [0, 0.1) is 0 Å². The van der Waals surface area contributed by atoms with Crippen LogP contribution in [-0.4, -0.2) is 18.5 Å². The third kappa shape index (κ3) is 3.57. The Morgan fingerprint density at radius 1 is 1.25 bits per heavy atom. The first-order valence-corrected chi connectivity index (χ1v) is 8.31. The van der Waals surface area contributed by atoms with Crippen molar-refractivity contribution in [3.8, 4) is 5.75 Å². The Balaban J connectivity index is 2.25. The highest BCUT2D eigenvalue weighted by atomic mass is 79.9. The van der Waals surface area contributed by atoms with E-state index in [0.717, 1.165) is 26.2 Å². The highest BCUT2D eigenvalue weighted by molar-refractivity contribution is 9.10. The van der Waals surface area contributed by atoms with Crippen molar-refractivity contribution in [3.05, 3.63) is 58.1 Å². The van der Waals surface area contributed by atoms with Crippen molar-refractivity contribution in [2.24, 2.45) is 0 Å². The highest BCUT2D eigenvalue weighted by Gasteiger charge is 2.14. The van der Waals surface area contributed by atoms with E-state index in [1.807, 2.05) is 48.7 Å². The quantitative estimate of drug-likeness (QED) is 0.805. The summed E-state index contributed by atoms with van der Waals surface area (Å²) in [5.41, 5.74) is 2.00. The number of hydrogen-bond donors (Lipinski definition) is 1. The van der Waals surface area contributed by atoms with E-state index in [4.69, 9.17) is 4.74 Å². The molecule has 2 rings (SSSR count). The number of ether oxygens (including phenoxy) is 1. The Hall–Kier alpha value is -0.970. The summed E-state index contributed by atoms with van der Waals surface area (Å²) in [7, 11) is 1.65. The topological polar surface area (TPSA) is 29.5 Å². The number of methoxy groups -OCH3 is 1. The number of benzene rings is 2. The Morgan fingerprint density at radius 2 is 2.00 bits per heavy atom. The van der Waals surface area contributed by atoms with E-state index in [-0.39, 0.29) is 0 Å². The van der Waals surface area contributed by atoms with Gasteiger partial charge in [-0.05, 0) is 41.6 Å². The number of rotatable bonds is 5. The summed E-state index contributed by atoms with van der Waals surface area (Å²) in [5, 5.41) is 10.5. The van der Waals surface area contributed by atoms with Gasteiger partial charge in [0.2, 0.25) is 0 Å². The van der Waals surface area contributed by atoms with Gasteiger partial charge in [-0.3, -0.25) is 0 Å². The number of aliphatic hydroxyl groups excluding tert-OH is 1. The number of aliphatic hydroxyl groups is 1. The first-order chi connectivity index (χ1) is 9.65. The SMILES string of the molecule is COc1ccc(Br)c(CC(O)c2ccccc2SC)c1. The molecule has 0 saturated heterocycles. The average molecular weight is 353 g/mol. The number of thioether (sulfide) groups is 1. The maximum atomic E-state index is 10.5. The van der Waals surface area contributed by atoms with Gasteiger partial charge in [-0.15, -0.1) is 11.8 Å². The third-order valence-electron chi connectivity index (χ3n) is 3.16. The molecule has 0 bridgehead atoms. The van der Waals surface area contributed by atoms with E-state index in [0.29, 0.717) is 6.42 Å². The van der Waals surface area contributed by atoms with Crippen LogP contribution in [0.25, 0.3) is 0 Å². The molecule has 2 aromatic rings. The van der Waals surface area contributed by atoms with Crippen LogP contribution >= 0.6 is 27.7 Å². The van der Waals surface area contributed by atoms with Gasteiger partial charge in [0.25, 0.3) is 0 Å². The maximum absolute atomic E-state index is 10.5. The minimum absolute atomic E-state index is 0.526. The first-order valence-electron chi connectivity index (χ1n) is 6.29. The molecular weight excluding hydrogens is 336 g/mol. The van der Waals surface area contributed by atoms with E-state index >= 15 is 0 Å². The zero-order chi connectivity index (χ0) is 14.5. The fourth-order valence-electron chi connectivity index (χ4n) is 2.09. The Bertz CT molecular complexity index is 586. The molecule has 0 aliphatic carbocycles. The lowest BCUT2D eigenvalue weighted by Gasteiger charge is -2.16. The van der Waals surface area contributed by atoms with Crippen LogP contribution in [0.4, 0.5) is 0 Å². The van der Waals surface area contributed by atoms with Gasteiger partial charge in [0.15, 0.2) is 0 Å². The van der Waals surface area contributed by atoms with Gasteiger partial charge >= 0.3 is 0 Å². The molecule has 1 N–H and O–H groups in total. The van der Waals surface area contributed by atoms with Gasteiger partial charge in [-0.2, -0.15) is 0 Å². The van der Waals surface area contributed by atoms with Crippen molar-refractivity contribution in [1.82, 2.24) is 0 Å². The molecule has 0 amide bonds. The zero-order valence-electron chi connectivity index (χ0n) is 11.5. The summed E-state index contributed by atoms with van der Waals surface area (Å²) in [6.45, 7) is 0. The summed E-state index contributed by atoms with van der Waals surface area (Å²) >= 11 is 5.17. The molecule has 0 saturated carbocycles. The van der Waals surface area contributed by atoms with E-state index in [1.54, 1.807) is 18.9 Å². The predicted octanol–water partition coefficient (Wildman–Crippen LogP) is 4.46. The predicted molar refractivity (Wildman–Crippen MR) is 87.6 cm³/mol. The molecule has 2 aromatic carbocycles. The van der Waals surface area contributed by atoms with Crippen LogP contribution < -0.4 is 4.74 Å². The van der Waals surface area contributed by atoms with Crippen LogP contribution in [0.3, 0.4) is 0 Å². The zero-order valence-corrected chi connectivity index (χ0v) is 13.9. The summed E-state index contributed by atoms with van der Waals surface area (Å²) in [5.74, 6) is 0.800. The minimum atomic E-state index is -0.526. The summed E-state index contributed by atoms with van der Waals surface area (Å²) in [4.78, 5) is 1.11.